The number of benzene rings is 1. The normalized spacial score (nSPS) is 17.6. The van der Waals surface area contributed by atoms with Crippen molar-refractivity contribution < 1.29 is 18.3 Å². The fraction of sp³-hybridized carbons (Fsp3) is 0.545. The molecule has 178 valence electrons. The predicted octanol–water partition coefficient (Wildman–Crippen LogP) is 3.86. The molecule has 3 rings (SSSR count). The highest BCUT2D eigenvalue weighted by Gasteiger charge is 2.57. The number of halogens is 4. The average Bonchev–Trinajstić information content (AvgIpc) is 3.13. The van der Waals surface area contributed by atoms with Crippen LogP contribution in [-0.2, 0) is 18.1 Å². The number of nitrogens with zero attached hydrogens (tertiary/aromatic N) is 3. The smallest absolute Gasteiger partial charge is 0.374 e. The van der Waals surface area contributed by atoms with E-state index in [1.165, 1.54) is 29.6 Å². The van der Waals surface area contributed by atoms with Crippen molar-refractivity contribution in [2.24, 2.45) is 12.0 Å². The molecule has 1 fully saturated rings. The SMILES string of the molecule is CCNC(=NCC1(c2ccccc2)CCC1)NCCC(O)(c1nccn1C)C(F)(F)F.I. The zero-order valence-electron chi connectivity index (χ0n) is 18.3. The van der Waals surface area contributed by atoms with Crippen LogP contribution < -0.4 is 10.6 Å². The molecule has 1 heterocycles. The van der Waals surface area contributed by atoms with Crippen LogP contribution in [0.25, 0.3) is 0 Å². The Balaban J connectivity index is 0.00000363. The maximum absolute atomic E-state index is 13.7. The van der Waals surface area contributed by atoms with Gasteiger partial charge in [0.15, 0.2) is 5.96 Å². The maximum atomic E-state index is 13.7. The van der Waals surface area contributed by atoms with E-state index in [1.807, 2.05) is 25.1 Å². The molecule has 0 amide bonds. The summed E-state index contributed by atoms with van der Waals surface area (Å²) >= 11 is 0. The zero-order valence-corrected chi connectivity index (χ0v) is 20.7. The molecule has 1 unspecified atom stereocenters. The molecule has 0 aliphatic heterocycles. The third kappa shape index (κ3) is 5.56. The molecule has 1 aromatic carbocycles. The molecule has 1 aliphatic rings. The predicted molar refractivity (Wildman–Crippen MR) is 129 cm³/mol. The van der Waals surface area contributed by atoms with Gasteiger partial charge in [-0.2, -0.15) is 13.2 Å². The number of rotatable bonds is 8. The number of nitrogens with one attached hydrogen (secondary N) is 2. The van der Waals surface area contributed by atoms with Crippen LogP contribution in [0.3, 0.4) is 0 Å². The van der Waals surface area contributed by atoms with E-state index in [4.69, 9.17) is 0 Å². The molecule has 1 atom stereocenters. The first-order valence-corrected chi connectivity index (χ1v) is 10.6. The number of hydrogen-bond acceptors (Lipinski definition) is 3. The van der Waals surface area contributed by atoms with Gasteiger partial charge in [-0.15, -0.1) is 24.0 Å². The summed E-state index contributed by atoms with van der Waals surface area (Å²) < 4.78 is 42.3. The Morgan fingerprint density at radius 2 is 1.91 bits per heavy atom. The molecule has 1 aliphatic carbocycles. The first-order valence-electron chi connectivity index (χ1n) is 10.6. The Hall–Kier alpha value is -1.82. The van der Waals surface area contributed by atoms with Crippen LogP contribution in [-0.4, -0.2) is 46.4 Å². The first-order chi connectivity index (χ1) is 14.7. The Bertz CT molecular complexity index is 883. The van der Waals surface area contributed by atoms with Gasteiger partial charge in [0.1, 0.15) is 5.82 Å². The third-order valence-electron chi connectivity index (χ3n) is 6.02. The Morgan fingerprint density at radius 3 is 2.41 bits per heavy atom. The summed E-state index contributed by atoms with van der Waals surface area (Å²) in [5.74, 6) is 0.00955. The van der Waals surface area contributed by atoms with E-state index >= 15 is 0 Å². The monoisotopic (exact) mass is 565 g/mol. The zero-order chi connectivity index (χ0) is 22.5. The second kappa shape index (κ2) is 10.9. The molecule has 0 saturated heterocycles. The van der Waals surface area contributed by atoms with Gasteiger partial charge in [-0.1, -0.05) is 36.8 Å². The van der Waals surface area contributed by atoms with Gasteiger partial charge in [-0.05, 0) is 25.3 Å². The van der Waals surface area contributed by atoms with E-state index in [0.29, 0.717) is 19.0 Å². The van der Waals surface area contributed by atoms with Gasteiger partial charge < -0.3 is 20.3 Å². The minimum Gasteiger partial charge on any atom is -0.374 e. The Morgan fingerprint density at radius 1 is 1.22 bits per heavy atom. The van der Waals surface area contributed by atoms with Crippen LogP contribution >= 0.6 is 24.0 Å². The molecule has 10 heteroatoms. The molecule has 2 aromatic rings. The van der Waals surface area contributed by atoms with Crippen molar-refractivity contribution in [3.8, 4) is 0 Å². The average molecular weight is 565 g/mol. The van der Waals surface area contributed by atoms with Crippen molar-refractivity contribution in [2.75, 3.05) is 19.6 Å². The van der Waals surface area contributed by atoms with Gasteiger partial charge in [-0.25, -0.2) is 4.98 Å². The van der Waals surface area contributed by atoms with E-state index < -0.39 is 24.0 Å². The highest BCUT2D eigenvalue weighted by Crippen LogP contribution is 2.44. The van der Waals surface area contributed by atoms with Crippen molar-refractivity contribution in [3.63, 3.8) is 0 Å². The molecule has 6 nitrogen and oxygen atoms in total. The summed E-state index contributed by atoms with van der Waals surface area (Å²) in [5.41, 5.74) is -1.83. The van der Waals surface area contributed by atoms with Crippen LogP contribution in [0, 0.1) is 0 Å². The molecule has 0 bridgehead atoms. The van der Waals surface area contributed by atoms with Crippen molar-refractivity contribution in [2.45, 2.75) is 49.8 Å². The first kappa shape index (κ1) is 26.4. The number of imidazole rings is 1. The van der Waals surface area contributed by atoms with Crippen LogP contribution in [0.5, 0.6) is 0 Å². The standard InChI is InChI=1S/C22H30F3N5O.HI/c1-3-26-19(29-16-20(10-7-11-20)17-8-5-4-6-9-17)28-13-12-21(31,22(23,24)25)18-27-14-15-30(18)2;/h4-6,8-9,14-15,31H,3,7,10-13,16H2,1-2H3,(H2,26,28,29);1H. The summed E-state index contributed by atoms with van der Waals surface area (Å²) in [7, 11) is 1.43. The summed E-state index contributed by atoms with van der Waals surface area (Å²) in [6, 6.07) is 10.2. The van der Waals surface area contributed by atoms with Crippen molar-refractivity contribution >= 4 is 29.9 Å². The largest absolute Gasteiger partial charge is 0.424 e. The summed E-state index contributed by atoms with van der Waals surface area (Å²) in [4.78, 5) is 8.39. The van der Waals surface area contributed by atoms with Gasteiger partial charge >= 0.3 is 6.18 Å². The highest BCUT2D eigenvalue weighted by molar-refractivity contribution is 14.0. The molecular formula is C22H31F3IN5O. The van der Waals surface area contributed by atoms with Gasteiger partial charge in [0.2, 0.25) is 5.60 Å². The Labute approximate surface area is 203 Å². The quantitative estimate of drug-likeness (QED) is 0.258. The van der Waals surface area contributed by atoms with Gasteiger partial charge in [-0.3, -0.25) is 4.99 Å². The molecule has 0 radical (unpaired) electrons. The van der Waals surface area contributed by atoms with Crippen LogP contribution in [0.1, 0.15) is 44.0 Å². The summed E-state index contributed by atoms with van der Waals surface area (Å²) in [6.45, 7) is 2.91. The Kier molecular flexibility index (Phi) is 8.98. The third-order valence-corrected chi connectivity index (χ3v) is 6.02. The van der Waals surface area contributed by atoms with E-state index in [-0.39, 0.29) is 35.9 Å². The molecule has 1 aromatic heterocycles. The second-order valence-electron chi connectivity index (χ2n) is 8.09. The topological polar surface area (TPSA) is 74.5 Å². The van der Waals surface area contributed by atoms with E-state index in [1.54, 1.807) is 0 Å². The number of aryl methyl sites for hydroxylation is 1. The highest BCUT2D eigenvalue weighted by atomic mass is 127. The number of aliphatic imine (C=N–C) groups is 1. The van der Waals surface area contributed by atoms with Crippen molar-refractivity contribution in [1.29, 1.82) is 0 Å². The summed E-state index contributed by atoms with van der Waals surface area (Å²) in [5, 5.41) is 16.5. The fourth-order valence-electron chi connectivity index (χ4n) is 4.01. The summed E-state index contributed by atoms with van der Waals surface area (Å²) in [6.07, 6.45) is 0.387. The lowest BCUT2D eigenvalue weighted by Gasteiger charge is -2.41. The van der Waals surface area contributed by atoms with Crippen LogP contribution in [0.4, 0.5) is 13.2 Å². The maximum Gasteiger partial charge on any atom is 0.424 e. The van der Waals surface area contributed by atoms with Crippen molar-refractivity contribution in [3.05, 3.63) is 54.1 Å². The molecule has 1 saturated carbocycles. The number of aliphatic hydroxyl groups is 1. The number of guanidine groups is 1. The molecule has 3 N–H and O–H groups in total. The minimum atomic E-state index is -4.85. The van der Waals surface area contributed by atoms with E-state index in [2.05, 4.69) is 32.7 Å². The lowest BCUT2D eigenvalue weighted by Crippen LogP contribution is -2.48. The number of alkyl halides is 3. The lowest BCUT2D eigenvalue weighted by molar-refractivity contribution is -0.272. The van der Waals surface area contributed by atoms with E-state index in [9.17, 15) is 18.3 Å². The molecule has 0 spiro atoms. The van der Waals surface area contributed by atoms with Gasteiger partial charge in [0.05, 0.1) is 6.54 Å². The van der Waals surface area contributed by atoms with Crippen LogP contribution in [0.15, 0.2) is 47.7 Å². The second-order valence-corrected chi connectivity index (χ2v) is 8.09. The van der Waals surface area contributed by atoms with Crippen LogP contribution in [0.2, 0.25) is 0 Å². The minimum absolute atomic E-state index is 0. The number of aromatic nitrogens is 2. The van der Waals surface area contributed by atoms with Gasteiger partial charge in [0.25, 0.3) is 0 Å². The van der Waals surface area contributed by atoms with Crippen molar-refractivity contribution in [1.82, 2.24) is 20.2 Å². The van der Waals surface area contributed by atoms with Gasteiger partial charge in [0, 0.05) is 44.4 Å². The molecular weight excluding hydrogens is 534 g/mol. The fourth-order valence-corrected chi connectivity index (χ4v) is 4.01. The van der Waals surface area contributed by atoms with E-state index in [0.717, 1.165) is 19.3 Å². The molecule has 32 heavy (non-hydrogen) atoms. The number of hydrogen-bond donors (Lipinski definition) is 3. The lowest BCUT2D eigenvalue weighted by atomic mass is 9.64.